The normalized spacial score (nSPS) is 10.6. The van der Waals surface area contributed by atoms with Gasteiger partial charge in [0.1, 0.15) is 12.4 Å². The molecule has 1 amide bonds. The monoisotopic (exact) mass is 259 g/mol. The van der Waals surface area contributed by atoms with E-state index in [0.717, 1.165) is 5.56 Å². The van der Waals surface area contributed by atoms with Gasteiger partial charge in [0.15, 0.2) is 0 Å². The number of phenolic OH excluding ortho intramolecular Hbond substituents is 1. The minimum atomic E-state index is -2.51. The number of amides is 1. The van der Waals surface area contributed by atoms with Crippen molar-refractivity contribution >= 4 is 5.91 Å². The van der Waals surface area contributed by atoms with Gasteiger partial charge in [0, 0.05) is 13.0 Å². The highest BCUT2D eigenvalue weighted by atomic mass is 19.3. The zero-order chi connectivity index (χ0) is 13.4. The second-order valence-electron chi connectivity index (χ2n) is 3.66. The number of rotatable bonds is 7. The standard InChI is InChI=1S/C12H15F2NO3/c13-11(14)8-18-5-4-12(17)15-7-9-2-1-3-10(16)6-9/h1-3,6,11,16H,4-5,7-8H2,(H,15,17). The fraction of sp³-hybridized carbons (Fsp3) is 0.417. The zero-order valence-corrected chi connectivity index (χ0v) is 9.73. The number of hydrogen-bond acceptors (Lipinski definition) is 3. The molecule has 0 aromatic heterocycles. The predicted octanol–water partition coefficient (Wildman–Crippen LogP) is 1.68. The molecule has 0 heterocycles. The van der Waals surface area contributed by atoms with Crippen molar-refractivity contribution in [3.63, 3.8) is 0 Å². The van der Waals surface area contributed by atoms with Crippen LogP contribution in [-0.2, 0) is 16.1 Å². The number of nitrogens with one attached hydrogen (secondary N) is 1. The van der Waals surface area contributed by atoms with Crippen molar-refractivity contribution in [1.82, 2.24) is 5.32 Å². The van der Waals surface area contributed by atoms with Crippen LogP contribution in [0.2, 0.25) is 0 Å². The number of alkyl halides is 2. The second kappa shape index (κ2) is 7.60. The summed E-state index contributed by atoms with van der Waals surface area (Å²) in [5.41, 5.74) is 0.761. The van der Waals surface area contributed by atoms with E-state index in [-0.39, 0.29) is 31.2 Å². The Kier molecular flexibility index (Phi) is 6.07. The lowest BCUT2D eigenvalue weighted by Gasteiger charge is -2.06. The van der Waals surface area contributed by atoms with Gasteiger partial charge in [-0.15, -0.1) is 0 Å². The molecule has 0 saturated heterocycles. The quantitative estimate of drug-likeness (QED) is 0.732. The molecule has 2 N–H and O–H groups in total. The molecule has 18 heavy (non-hydrogen) atoms. The van der Waals surface area contributed by atoms with Crippen molar-refractivity contribution in [3.05, 3.63) is 29.8 Å². The second-order valence-corrected chi connectivity index (χ2v) is 3.66. The molecule has 0 radical (unpaired) electrons. The van der Waals surface area contributed by atoms with E-state index in [2.05, 4.69) is 10.1 Å². The summed E-state index contributed by atoms with van der Waals surface area (Å²) in [6, 6.07) is 6.49. The number of halogens is 2. The Labute approximate surface area is 104 Å². The van der Waals surface area contributed by atoms with Crippen LogP contribution in [-0.4, -0.2) is 30.7 Å². The molecule has 0 spiro atoms. The summed E-state index contributed by atoms with van der Waals surface area (Å²) >= 11 is 0. The number of ether oxygens (including phenoxy) is 1. The first-order valence-electron chi connectivity index (χ1n) is 5.48. The number of aromatic hydroxyl groups is 1. The van der Waals surface area contributed by atoms with Crippen LogP contribution in [0.3, 0.4) is 0 Å². The Morgan fingerprint density at radius 2 is 2.22 bits per heavy atom. The van der Waals surface area contributed by atoms with Gasteiger partial charge in [-0.1, -0.05) is 12.1 Å². The van der Waals surface area contributed by atoms with Crippen LogP contribution >= 0.6 is 0 Å². The van der Waals surface area contributed by atoms with Crippen molar-refractivity contribution in [1.29, 1.82) is 0 Å². The average Bonchev–Trinajstić information content (AvgIpc) is 2.32. The molecule has 0 aliphatic heterocycles. The Morgan fingerprint density at radius 3 is 2.89 bits per heavy atom. The van der Waals surface area contributed by atoms with E-state index in [0.29, 0.717) is 0 Å². The third-order valence-corrected chi connectivity index (χ3v) is 2.12. The van der Waals surface area contributed by atoms with Gasteiger partial charge in [0.2, 0.25) is 5.91 Å². The molecular weight excluding hydrogens is 244 g/mol. The Hall–Kier alpha value is -1.69. The molecule has 0 unspecified atom stereocenters. The molecule has 0 atom stereocenters. The highest BCUT2D eigenvalue weighted by Crippen LogP contribution is 2.10. The van der Waals surface area contributed by atoms with E-state index in [4.69, 9.17) is 0 Å². The summed E-state index contributed by atoms with van der Waals surface area (Å²) in [6.45, 7) is -0.405. The van der Waals surface area contributed by atoms with Gasteiger partial charge in [0.05, 0.1) is 6.61 Å². The van der Waals surface area contributed by atoms with E-state index < -0.39 is 13.0 Å². The smallest absolute Gasteiger partial charge is 0.261 e. The number of hydrogen-bond donors (Lipinski definition) is 2. The van der Waals surface area contributed by atoms with Crippen molar-refractivity contribution in [2.24, 2.45) is 0 Å². The lowest BCUT2D eigenvalue weighted by atomic mass is 10.2. The summed E-state index contributed by atoms with van der Waals surface area (Å²) < 4.78 is 28.0. The Balaban J connectivity index is 2.17. The van der Waals surface area contributed by atoms with Gasteiger partial charge in [-0.25, -0.2) is 8.78 Å². The van der Waals surface area contributed by atoms with Crippen molar-refractivity contribution in [2.45, 2.75) is 19.4 Å². The lowest BCUT2D eigenvalue weighted by molar-refractivity contribution is -0.122. The Morgan fingerprint density at radius 1 is 1.44 bits per heavy atom. The largest absolute Gasteiger partial charge is 0.508 e. The first kappa shape index (κ1) is 14.4. The Bertz CT molecular complexity index is 385. The van der Waals surface area contributed by atoms with Crippen LogP contribution in [0.15, 0.2) is 24.3 Å². The topological polar surface area (TPSA) is 58.6 Å². The van der Waals surface area contributed by atoms with Gasteiger partial charge in [-0.3, -0.25) is 4.79 Å². The summed E-state index contributed by atoms with van der Waals surface area (Å²) in [5, 5.41) is 11.8. The van der Waals surface area contributed by atoms with Crippen molar-refractivity contribution in [3.8, 4) is 5.75 Å². The molecule has 1 aromatic rings. The van der Waals surface area contributed by atoms with Gasteiger partial charge in [-0.05, 0) is 17.7 Å². The van der Waals surface area contributed by atoms with Gasteiger partial charge in [-0.2, -0.15) is 0 Å². The molecular formula is C12H15F2NO3. The lowest BCUT2D eigenvalue weighted by Crippen LogP contribution is -2.24. The summed E-state index contributed by atoms with van der Waals surface area (Å²) in [5.74, 6) is -0.158. The molecule has 0 aliphatic rings. The minimum absolute atomic E-state index is 0.0315. The molecule has 0 bridgehead atoms. The van der Waals surface area contributed by atoms with E-state index >= 15 is 0 Å². The van der Waals surface area contributed by atoms with Gasteiger partial charge in [0.25, 0.3) is 6.43 Å². The van der Waals surface area contributed by atoms with E-state index in [1.54, 1.807) is 12.1 Å². The number of benzene rings is 1. The van der Waals surface area contributed by atoms with Crippen molar-refractivity contribution in [2.75, 3.05) is 13.2 Å². The van der Waals surface area contributed by atoms with E-state index in [9.17, 15) is 18.7 Å². The molecule has 0 fully saturated rings. The summed E-state index contributed by atoms with van der Waals surface area (Å²) in [7, 11) is 0. The first-order valence-corrected chi connectivity index (χ1v) is 5.48. The summed E-state index contributed by atoms with van der Waals surface area (Å²) in [6.07, 6.45) is -2.48. The van der Waals surface area contributed by atoms with Crippen LogP contribution in [0, 0.1) is 0 Å². The number of phenols is 1. The van der Waals surface area contributed by atoms with E-state index in [1.807, 2.05) is 0 Å². The number of carbonyl (C=O) groups excluding carboxylic acids is 1. The van der Waals surface area contributed by atoms with Crippen LogP contribution in [0.4, 0.5) is 8.78 Å². The van der Waals surface area contributed by atoms with Crippen LogP contribution < -0.4 is 5.32 Å². The van der Waals surface area contributed by atoms with Gasteiger partial charge < -0.3 is 15.2 Å². The molecule has 100 valence electrons. The SMILES string of the molecule is O=C(CCOCC(F)F)NCc1cccc(O)c1. The van der Waals surface area contributed by atoms with Crippen LogP contribution in [0.5, 0.6) is 5.75 Å². The molecule has 1 aromatic carbocycles. The highest BCUT2D eigenvalue weighted by molar-refractivity contribution is 5.75. The molecule has 0 aliphatic carbocycles. The number of carbonyl (C=O) groups is 1. The van der Waals surface area contributed by atoms with Crippen LogP contribution in [0.1, 0.15) is 12.0 Å². The minimum Gasteiger partial charge on any atom is -0.508 e. The predicted molar refractivity (Wildman–Crippen MR) is 61.4 cm³/mol. The maximum Gasteiger partial charge on any atom is 0.261 e. The van der Waals surface area contributed by atoms with Crippen molar-refractivity contribution < 1.29 is 23.4 Å². The molecule has 0 saturated carbocycles. The third-order valence-electron chi connectivity index (χ3n) is 2.12. The average molecular weight is 259 g/mol. The first-order chi connectivity index (χ1) is 8.58. The van der Waals surface area contributed by atoms with Gasteiger partial charge >= 0.3 is 0 Å². The zero-order valence-electron chi connectivity index (χ0n) is 9.73. The molecule has 4 nitrogen and oxygen atoms in total. The molecule has 6 heteroatoms. The fourth-order valence-electron chi connectivity index (χ4n) is 1.29. The maximum absolute atomic E-state index is 11.7. The van der Waals surface area contributed by atoms with E-state index in [1.165, 1.54) is 12.1 Å². The fourth-order valence-corrected chi connectivity index (χ4v) is 1.29. The molecule has 1 rings (SSSR count). The third kappa shape index (κ3) is 6.15. The maximum atomic E-state index is 11.7. The summed E-state index contributed by atoms with van der Waals surface area (Å²) in [4.78, 5) is 11.3. The highest BCUT2D eigenvalue weighted by Gasteiger charge is 2.05. The van der Waals surface area contributed by atoms with Crippen LogP contribution in [0.25, 0.3) is 0 Å².